The zero-order chi connectivity index (χ0) is 12.8. The molecule has 0 spiro atoms. The molecule has 1 aliphatic heterocycles. The fourth-order valence-electron chi connectivity index (χ4n) is 1.84. The van der Waals surface area contributed by atoms with Crippen LogP contribution in [0.3, 0.4) is 0 Å². The minimum Gasteiger partial charge on any atom is -0.445 e. The number of ether oxygens (including phenoxy) is 2. The van der Waals surface area contributed by atoms with E-state index < -0.39 is 12.2 Å². The number of alkyl carbamates (subject to hydrolysis) is 1. The van der Waals surface area contributed by atoms with Crippen LogP contribution >= 0.6 is 0 Å². The summed E-state index contributed by atoms with van der Waals surface area (Å²) in [5, 5.41) is 12.1. The first-order valence-electron chi connectivity index (χ1n) is 5.97. The molecule has 0 bridgehead atoms. The van der Waals surface area contributed by atoms with Crippen molar-refractivity contribution < 1.29 is 19.4 Å². The number of hydrogen-bond donors (Lipinski definition) is 2. The third-order valence-corrected chi connectivity index (χ3v) is 2.72. The van der Waals surface area contributed by atoms with Gasteiger partial charge in [0.25, 0.3) is 0 Å². The van der Waals surface area contributed by atoms with Crippen LogP contribution in [0.15, 0.2) is 30.3 Å². The normalized spacial score (nSPS) is 23.4. The Bertz CT molecular complexity index is 382. The van der Waals surface area contributed by atoms with Gasteiger partial charge in [-0.05, 0) is 12.0 Å². The lowest BCUT2D eigenvalue weighted by Gasteiger charge is -2.26. The van der Waals surface area contributed by atoms with E-state index in [1.807, 2.05) is 30.3 Å². The molecule has 1 aromatic rings. The van der Waals surface area contributed by atoms with Crippen LogP contribution in [0.25, 0.3) is 0 Å². The topological polar surface area (TPSA) is 67.8 Å². The zero-order valence-electron chi connectivity index (χ0n) is 10.0. The van der Waals surface area contributed by atoms with E-state index in [-0.39, 0.29) is 12.6 Å². The van der Waals surface area contributed by atoms with E-state index in [4.69, 9.17) is 9.47 Å². The Labute approximate surface area is 106 Å². The highest BCUT2D eigenvalue weighted by atomic mass is 16.5. The molecule has 1 saturated heterocycles. The van der Waals surface area contributed by atoms with Crippen molar-refractivity contribution in [3.05, 3.63) is 35.9 Å². The highest BCUT2D eigenvalue weighted by Gasteiger charge is 2.22. The molecular weight excluding hydrogens is 234 g/mol. The van der Waals surface area contributed by atoms with Crippen molar-refractivity contribution in [2.45, 2.75) is 25.2 Å². The van der Waals surface area contributed by atoms with Crippen LogP contribution in [-0.2, 0) is 16.1 Å². The van der Waals surface area contributed by atoms with Crippen LogP contribution in [0, 0.1) is 0 Å². The Morgan fingerprint density at radius 2 is 2.17 bits per heavy atom. The van der Waals surface area contributed by atoms with Gasteiger partial charge in [0.05, 0.1) is 25.4 Å². The number of carbonyl (C=O) groups excluding carboxylic acids is 1. The third kappa shape index (κ3) is 4.01. The number of hydrogen-bond acceptors (Lipinski definition) is 4. The van der Waals surface area contributed by atoms with E-state index in [0.717, 1.165) is 5.56 Å². The lowest BCUT2D eigenvalue weighted by atomic mass is 10.1. The highest BCUT2D eigenvalue weighted by Crippen LogP contribution is 2.07. The maximum absolute atomic E-state index is 11.5. The maximum atomic E-state index is 11.5. The quantitative estimate of drug-likeness (QED) is 0.843. The second-order valence-electron chi connectivity index (χ2n) is 4.33. The summed E-state index contributed by atoms with van der Waals surface area (Å²) in [6, 6.07) is 9.28. The fraction of sp³-hybridized carbons (Fsp3) is 0.462. The van der Waals surface area contributed by atoms with Gasteiger partial charge in [-0.15, -0.1) is 0 Å². The lowest BCUT2D eigenvalue weighted by Crippen LogP contribution is -2.45. The number of amides is 1. The molecule has 18 heavy (non-hydrogen) atoms. The highest BCUT2D eigenvalue weighted by molar-refractivity contribution is 5.67. The molecule has 1 aliphatic rings. The minimum absolute atomic E-state index is 0.183. The first-order chi connectivity index (χ1) is 8.74. The molecule has 98 valence electrons. The molecule has 1 heterocycles. The molecule has 1 amide bonds. The number of benzene rings is 1. The Hall–Kier alpha value is -1.59. The van der Waals surface area contributed by atoms with Crippen LogP contribution in [0.5, 0.6) is 0 Å². The predicted octanol–water partition coefficient (Wildman–Crippen LogP) is 1.06. The standard InChI is InChI=1S/C13H17NO4/c15-12-6-11(8-17-9-12)14-13(16)18-7-10-4-2-1-3-5-10/h1-5,11-12,15H,6-9H2,(H,14,16)/t11-,12+/m0/s1. The Kier molecular flexibility index (Phi) is 4.55. The van der Waals surface area contributed by atoms with Gasteiger partial charge in [0.1, 0.15) is 6.61 Å². The smallest absolute Gasteiger partial charge is 0.407 e. The second kappa shape index (κ2) is 6.37. The molecule has 2 rings (SSSR count). The molecule has 0 aromatic heterocycles. The average molecular weight is 251 g/mol. The molecule has 2 N–H and O–H groups in total. The van der Waals surface area contributed by atoms with E-state index in [2.05, 4.69) is 5.32 Å². The first-order valence-corrected chi connectivity index (χ1v) is 5.97. The molecule has 1 aromatic carbocycles. The predicted molar refractivity (Wildman–Crippen MR) is 65.0 cm³/mol. The van der Waals surface area contributed by atoms with Gasteiger partial charge in [-0.2, -0.15) is 0 Å². The van der Waals surface area contributed by atoms with E-state index in [9.17, 15) is 9.90 Å². The molecule has 2 atom stereocenters. The van der Waals surface area contributed by atoms with Crippen molar-refractivity contribution in [2.24, 2.45) is 0 Å². The number of rotatable bonds is 3. The van der Waals surface area contributed by atoms with Crippen LogP contribution < -0.4 is 5.32 Å². The van der Waals surface area contributed by atoms with Gasteiger partial charge in [-0.25, -0.2) is 4.79 Å². The largest absolute Gasteiger partial charge is 0.445 e. The van der Waals surface area contributed by atoms with E-state index in [0.29, 0.717) is 19.6 Å². The zero-order valence-corrected chi connectivity index (χ0v) is 10.0. The molecule has 0 radical (unpaired) electrons. The number of carbonyl (C=O) groups is 1. The van der Waals surface area contributed by atoms with Gasteiger partial charge in [0.2, 0.25) is 0 Å². The molecule has 5 heteroatoms. The molecule has 5 nitrogen and oxygen atoms in total. The number of aliphatic hydroxyl groups excluding tert-OH is 1. The summed E-state index contributed by atoms with van der Waals surface area (Å²) in [7, 11) is 0. The van der Waals surface area contributed by atoms with Gasteiger partial charge in [-0.3, -0.25) is 0 Å². The van der Waals surface area contributed by atoms with Gasteiger partial charge in [0.15, 0.2) is 0 Å². The van der Waals surface area contributed by atoms with Crippen molar-refractivity contribution in [1.82, 2.24) is 5.32 Å². The summed E-state index contributed by atoms with van der Waals surface area (Å²) in [4.78, 5) is 11.5. The summed E-state index contributed by atoms with van der Waals surface area (Å²) >= 11 is 0. The van der Waals surface area contributed by atoms with Crippen molar-refractivity contribution >= 4 is 6.09 Å². The lowest BCUT2D eigenvalue weighted by molar-refractivity contribution is -0.0228. The van der Waals surface area contributed by atoms with Crippen LogP contribution in [0.1, 0.15) is 12.0 Å². The van der Waals surface area contributed by atoms with Crippen molar-refractivity contribution in [3.8, 4) is 0 Å². The molecule has 0 saturated carbocycles. The van der Waals surface area contributed by atoms with Crippen molar-refractivity contribution in [1.29, 1.82) is 0 Å². The summed E-state index contributed by atoms with van der Waals surface area (Å²) in [5.74, 6) is 0. The third-order valence-electron chi connectivity index (χ3n) is 2.72. The fourth-order valence-corrected chi connectivity index (χ4v) is 1.84. The van der Waals surface area contributed by atoms with Crippen molar-refractivity contribution in [3.63, 3.8) is 0 Å². The van der Waals surface area contributed by atoms with Gasteiger partial charge >= 0.3 is 6.09 Å². The monoisotopic (exact) mass is 251 g/mol. The first kappa shape index (κ1) is 12.9. The maximum Gasteiger partial charge on any atom is 0.407 e. The van der Waals surface area contributed by atoms with Crippen molar-refractivity contribution in [2.75, 3.05) is 13.2 Å². The number of nitrogens with one attached hydrogen (secondary N) is 1. The summed E-state index contributed by atoms with van der Waals surface area (Å²) in [6.07, 6.45) is -0.500. The van der Waals surface area contributed by atoms with Gasteiger partial charge < -0.3 is 19.9 Å². The Balaban J connectivity index is 1.72. The Morgan fingerprint density at radius 1 is 1.39 bits per heavy atom. The average Bonchev–Trinajstić information content (AvgIpc) is 2.38. The van der Waals surface area contributed by atoms with Gasteiger partial charge in [-0.1, -0.05) is 30.3 Å². The SMILES string of the molecule is O=C(N[C@@H]1COC[C@H](O)C1)OCc1ccccc1. The second-order valence-corrected chi connectivity index (χ2v) is 4.33. The van der Waals surface area contributed by atoms with Gasteiger partial charge in [0, 0.05) is 0 Å². The molecule has 0 unspecified atom stereocenters. The minimum atomic E-state index is -0.516. The Morgan fingerprint density at radius 3 is 2.89 bits per heavy atom. The van der Waals surface area contributed by atoms with Crippen LogP contribution in [-0.4, -0.2) is 36.6 Å². The summed E-state index contributed by atoms with van der Waals surface area (Å²) < 4.78 is 10.2. The molecular formula is C13H17NO4. The number of aliphatic hydroxyl groups is 1. The molecule has 0 aliphatic carbocycles. The van der Waals surface area contributed by atoms with Crippen LogP contribution in [0.2, 0.25) is 0 Å². The van der Waals surface area contributed by atoms with E-state index in [1.165, 1.54) is 0 Å². The summed E-state index contributed by atoms with van der Waals surface area (Å²) in [5.41, 5.74) is 0.938. The molecule has 1 fully saturated rings. The van der Waals surface area contributed by atoms with E-state index in [1.54, 1.807) is 0 Å². The summed E-state index contributed by atoms with van der Waals surface area (Å²) in [6.45, 7) is 0.984. The van der Waals surface area contributed by atoms with E-state index >= 15 is 0 Å². The van der Waals surface area contributed by atoms with Crippen LogP contribution in [0.4, 0.5) is 4.79 Å².